The number of amides is 1. The summed E-state index contributed by atoms with van der Waals surface area (Å²) in [6.45, 7) is 6.22. The molecule has 1 aromatic rings. The van der Waals surface area contributed by atoms with Crippen LogP contribution in [0.2, 0.25) is 0 Å². The number of rotatable bonds is 6. The van der Waals surface area contributed by atoms with Crippen LogP contribution in [0.4, 0.5) is 5.82 Å². The fourth-order valence-electron chi connectivity index (χ4n) is 4.48. The van der Waals surface area contributed by atoms with Crippen LogP contribution in [0.3, 0.4) is 0 Å². The Bertz CT molecular complexity index is 705. The minimum atomic E-state index is 0.181. The SMILES string of the molecule is O=C(c1cc2c(nc1NCC1CC1)CCN(CC1CC1)CC2)N1CCCC1. The molecule has 1 N–H and O–H groups in total. The lowest BCUT2D eigenvalue weighted by molar-refractivity contribution is 0.0793. The highest BCUT2D eigenvalue weighted by Gasteiger charge is 2.29. The van der Waals surface area contributed by atoms with Crippen molar-refractivity contribution in [3.05, 3.63) is 22.9 Å². The van der Waals surface area contributed by atoms with Crippen LogP contribution >= 0.6 is 0 Å². The number of pyridine rings is 1. The number of anilines is 1. The molecule has 2 saturated carbocycles. The number of fused-ring (bicyclic) bond motifs is 1. The highest BCUT2D eigenvalue weighted by Crippen LogP contribution is 2.32. The lowest BCUT2D eigenvalue weighted by Gasteiger charge is -2.20. The van der Waals surface area contributed by atoms with Crippen LogP contribution in [0.25, 0.3) is 0 Å². The monoisotopic (exact) mass is 368 g/mol. The van der Waals surface area contributed by atoms with Gasteiger partial charge in [-0.3, -0.25) is 4.79 Å². The third-order valence-electron chi connectivity index (χ3n) is 6.65. The predicted molar refractivity (Wildman–Crippen MR) is 107 cm³/mol. The largest absolute Gasteiger partial charge is 0.369 e. The Morgan fingerprint density at radius 2 is 1.78 bits per heavy atom. The van der Waals surface area contributed by atoms with Gasteiger partial charge in [-0.1, -0.05) is 0 Å². The van der Waals surface area contributed by atoms with Crippen LogP contribution < -0.4 is 5.32 Å². The van der Waals surface area contributed by atoms with E-state index in [1.807, 2.05) is 4.90 Å². The summed E-state index contributed by atoms with van der Waals surface area (Å²) in [6, 6.07) is 2.18. The summed E-state index contributed by atoms with van der Waals surface area (Å²) in [5.41, 5.74) is 3.32. The first-order valence-electron chi connectivity index (χ1n) is 11.0. The molecule has 1 aromatic heterocycles. The zero-order valence-electron chi connectivity index (χ0n) is 16.4. The molecule has 1 saturated heterocycles. The normalized spacial score (nSPS) is 23.2. The fourth-order valence-corrected chi connectivity index (χ4v) is 4.48. The van der Waals surface area contributed by atoms with Gasteiger partial charge in [0.1, 0.15) is 5.82 Å². The number of nitrogens with zero attached hydrogens (tertiary/aromatic N) is 3. The lowest BCUT2D eigenvalue weighted by Crippen LogP contribution is -2.29. The van der Waals surface area contributed by atoms with E-state index in [1.54, 1.807) is 0 Å². The smallest absolute Gasteiger partial charge is 0.257 e. The minimum absolute atomic E-state index is 0.181. The van der Waals surface area contributed by atoms with E-state index in [0.29, 0.717) is 0 Å². The second kappa shape index (κ2) is 7.42. The molecule has 146 valence electrons. The Labute approximate surface area is 162 Å². The molecule has 0 atom stereocenters. The van der Waals surface area contributed by atoms with Gasteiger partial charge < -0.3 is 15.1 Å². The zero-order chi connectivity index (χ0) is 18.2. The number of hydrogen-bond donors (Lipinski definition) is 1. The maximum atomic E-state index is 13.2. The molecule has 2 aliphatic carbocycles. The molecular formula is C22H32N4O. The number of carbonyl (C=O) groups excluding carboxylic acids is 1. The zero-order valence-corrected chi connectivity index (χ0v) is 16.4. The van der Waals surface area contributed by atoms with Gasteiger partial charge in [0.25, 0.3) is 5.91 Å². The summed E-state index contributed by atoms with van der Waals surface area (Å²) >= 11 is 0. The highest BCUT2D eigenvalue weighted by molar-refractivity contribution is 5.99. The van der Waals surface area contributed by atoms with E-state index < -0.39 is 0 Å². The van der Waals surface area contributed by atoms with Crippen molar-refractivity contribution in [1.82, 2.24) is 14.8 Å². The number of carbonyl (C=O) groups is 1. The predicted octanol–water partition coefficient (Wildman–Crippen LogP) is 2.95. The molecule has 0 spiro atoms. The summed E-state index contributed by atoms with van der Waals surface area (Å²) < 4.78 is 0. The summed E-state index contributed by atoms with van der Waals surface area (Å²) in [5.74, 6) is 2.73. The van der Waals surface area contributed by atoms with E-state index in [4.69, 9.17) is 4.98 Å². The van der Waals surface area contributed by atoms with E-state index >= 15 is 0 Å². The molecule has 27 heavy (non-hydrogen) atoms. The van der Waals surface area contributed by atoms with Gasteiger partial charge >= 0.3 is 0 Å². The van der Waals surface area contributed by atoms with Crippen LogP contribution in [-0.2, 0) is 12.8 Å². The first-order valence-corrected chi connectivity index (χ1v) is 11.0. The Kier molecular flexibility index (Phi) is 4.80. The second-order valence-corrected chi connectivity index (χ2v) is 9.06. The van der Waals surface area contributed by atoms with Gasteiger partial charge in [0.15, 0.2) is 0 Å². The van der Waals surface area contributed by atoms with Gasteiger partial charge in [-0.05, 0) is 68.4 Å². The average Bonchev–Trinajstić information content (AvgIpc) is 3.61. The highest BCUT2D eigenvalue weighted by atomic mass is 16.2. The molecule has 3 heterocycles. The van der Waals surface area contributed by atoms with Crippen molar-refractivity contribution in [2.75, 3.05) is 44.6 Å². The molecular weight excluding hydrogens is 336 g/mol. The summed E-state index contributed by atoms with van der Waals surface area (Å²) in [5, 5.41) is 3.53. The van der Waals surface area contributed by atoms with Crippen molar-refractivity contribution in [2.24, 2.45) is 11.8 Å². The van der Waals surface area contributed by atoms with Crippen LogP contribution in [0.5, 0.6) is 0 Å². The van der Waals surface area contributed by atoms with Crippen molar-refractivity contribution >= 4 is 11.7 Å². The van der Waals surface area contributed by atoms with Crippen molar-refractivity contribution in [1.29, 1.82) is 0 Å². The average molecular weight is 369 g/mol. The van der Waals surface area contributed by atoms with E-state index in [-0.39, 0.29) is 5.91 Å². The van der Waals surface area contributed by atoms with Crippen molar-refractivity contribution in [3.63, 3.8) is 0 Å². The first kappa shape index (κ1) is 17.5. The van der Waals surface area contributed by atoms with Gasteiger partial charge in [-0.25, -0.2) is 4.98 Å². The van der Waals surface area contributed by atoms with Gasteiger partial charge in [0, 0.05) is 51.4 Å². The number of nitrogens with one attached hydrogen (secondary N) is 1. The van der Waals surface area contributed by atoms with Crippen molar-refractivity contribution in [2.45, 2.75) is 51.4 Å². The third-order valence-corrected chi connectivity index (χ3v) is 6.65. The number of hydrogen-bond acceptors (Lipinski definition) is 4. The topological polar surface area (TPSA) is 48.5 Å². The minimum Gasteiger partial charge on any atom is -0.369 e. The van der Waals surface area contributed by atoms with E-state index in [1.165, 1.54) is 43.5 Å². The van der Waals surface area contributed by atoms with Crippen molar-refractivity contribution in [3.8, 4) is 0 Å². The molecule has 5 nitrogen and oxygen atoms in total. The number of likely N-dealkylation sites (tertiary alicyclic amines) is 1. The molecule has 3 fully saturated rings. The van der Waals surface area contributed by atoms with E-state index in [2.05, 4.69) is 16.3 Å². The lowest BCUT2D eigenvalue weighted by atomic mass is 10.0. The Balaban J connectivity index is 1.38. The maximum Gasteiger partial charge on any atom is 0.257 e. The van der Waals surface area contributed by atoms with Gasteiger partial charge in [0.05, 0.1) is 5.56 Å². The van der Waals surface area contributed by atoms with Crippen LogP contribution in [-0.4, -0.2) is 60.0 Å². The van der Waals surface area contributed by atoms with E-state index in [0.717, 1.165) is 81.6 Å². The molecule has 0 aromatic carbocycles. The quantitative estimate of drug-likeness (QED) is 0.839. The number of aromatic nitrogens is 1. The summed E-state index contributed by atoms with van der Waals surface area (Å²) in [7, 11) is 0. The fraction of sp³-hybridized carbons (Fsp3) is 0.727. The summed E-state index contributed by atoms with van der Waals surface area (Å²) in [4.78, 5) is 22.8. The standard InChI is InChI=1S/C22H32N4O/c27-22(26-9-1-2-10-26)19-13-18-7-11-25(15-17-5-6-17)12-8-20(18)24-21(19)23-14-16-3-4-16/h13,16-17H,1-12,14-15H2,(H,23,24). The third kappa shape index (κ3) is 4.13. The van der Waals surface area contributed by atoms with Gasteiger partial charge in [-0.15, -0.1) is 0 Å². The molecule has 5 rings (SSSR count). The van der Waals surface area contributed by atoms with Crippen LogP contribution in [0.15, 0.2) is 6.07 Å². The Morgan fingerprint density at radius 1 is 1.04 bits per heavy atom. The van der Waals surface area contributed by atoms with E-state index in [9.17, 15) is 4.79 Å². The molecule has 4 aliphatic rings. The second-order valence-electron chi connectivity index (χ2n) is 9.06. The molecule has 5 heteroatoms. The van der Waals surface area contributed by atoms with Crippen LogP contribution in [0.1, 0.15) is 60.1 Å². The molecule has 0 radical (unpaired) electrons. The molecule has 0 bridgehead atoms. The maximum absolute atomic E-state index is 13.2. The molecule has 1 amide bonds. The Hall–Kier alpha value is -1.62. The first-order chi connectivity index (χ1) is 13.3. The van der Waals surface area contributed by atoms with Gasteiger partial charge in [0.2, 0.25) is 0 Å². The van der Waals surface area contributed by atoms with Crippen molar-refractivity contribution < 1.29 is 4.79 Å². The summed E-state index contributed by atoms with van der Waals surface area (Å²) in [6.07, 6.45) is 9.73. The van der Waals surface area contributed by atoms with Crippen LogP contribution in [0, 0.1) is 11.8 Å². The molecule has 2 aliphatic heterocycles. The molecule has 0 unspecified atom stereocenters. The van der Waals surface area contributed by atoms with Gasteiger partial charge in [-0.2, -0.15) is 0 Å². The Morgan fingerprint density at radius 3 is 2.52 bits per heavy atom.